The highest BCUT2D eigenvalue weighted by Crippen LogP contribution is 2.21. The maximum Gasteiger partial charge on any atom is 0.0509 e. The molecular weight excluding hydrogens is 244 g/mol. The number of halogens is 1. The third kappa shape index (κ3) is 4.60. The van der Waals surface area contributed by atoms with Gasteiger partial charge in [-0.3, -0.25) is 0 Å². The lowest BCUT2D eigenvalue weighted by atomic mass is 9.92. The van der Waals surface area contributed by atoms with Gasteiger partial charge >= 0.3 is 0 Å². The summed E-state index contributed by atoms with van der Waals surface area (Å²) < 4.78 is 0. The van der Waals surface area contributed by atoms with Gasteiger partial charge in [0.1, 0.15) is 0 Å². The quantitative estimate of drug-likeness (QED) is 0.818. The Balaban J connectivity index is 2.75. The van der Waals surface area contributed by atoms with Gasteiger partial charge in [-0.25, -0.2) is 0 Å². The molecule has 1 atom stereocenters. The van der Waals surface area contributed by atoms with Crippen LogP contribution in [0.4, 0.5) is 0 Å². The zero-order valence-electron chi connectivity index (χ0n) is 11.7. The molecule has 0 heterocycles. The van der Waals surface area contributed by atoms with Crippen LogP contribution in [0.5, 0.6) is 0 Å². The third-order valence-corrected chi connectivity index (χ3v) is 3.39. The van der Waals surface area contributed by atoms with E-state index in [4.69, 9.17) is 17.3 Å². The van der Waals surface area contributed by atoms with Crippen LogP contribution in [0, 0.1) is 0 Å². The van der Waals surface area contributed by atoms with E-state index >= 15 is 0 Å². The van der Waals surface area contributed by atoms with E-state index in [-0.39, 0.29) is 5.54 Å². The molecule has 0 bridgehead atoms. The van der Waals surface area contributed by atoms with Crippen molar-refractivity contribution in [1.29, 1.82) is 0 Å². The maximum absolute atomic E-state index is 6.46. The van der Waals surface area contributed by atoms with Crippen molar-refractivity contribution in [3.63, 3.8) is 0 Å². The average molecular weight is 269 g/mol. The topological polar surface area (TPSA) is 29.3 Å². The number of nitrogens with two attached hydrogens (primary N) is 1. The van der Waals surface area contributed by atoms with Crippen LogP contribution in [0.1, 0.15) is 39.2 Å². The first-order valence-electron chi connectivity index (χ1n) is 6.77. The van der Waals surface area contributed by atoms with E-state index in [2.05, 4.69) is 25.7 Å². The Bertz CT molecular complexity index is 340. The lowest BCUT2D eigenvalue weighted by molar-refractivity contribution is 0.217. The molecule has 0 aliphatic rings. The summed E-state index contributed by atoms with van der Waals surface area (Å²) in [6.45, 7) is 9.60. The number of rotatable bonds is 7. The number of nitrogens with zero attached hydrogens (tertiary/aromatic N) is 1. The first-order valence-corrected chi connectivity index (χ1v) is 7.14. The molecule has 0 saturated carbocycles. The highest BCUT2D eigenvalue weighted by atomic mass is 35.5. The van der Waals surface area contributed by atoms with Gasteiger partial charge in [-0.05, 0) is 50.6 Å². The van der Waals surface area contributed by atoms with Crippen LogP contribution in [0.25, 0.3) is 0 Å². The SMILES string of the molecule is CCCN(CCC)CC(C)(N)c1ccc(Cl)cc1. The van der Waals surface area contributed by atoms with E-state index in [1.54, 1.807) is 0 Å². The van der Waals surface area contributed by atoms with Crippen molar-refractivity contribution in [3.8, 4) is 0 Å². The minimum Gasteiger partial charge on any atom is -0.321 e. The fourth-order valence-electron chi connectivity index (χ4n) is 2.29. The Morgan fingerprint density at radius 3 is 2.06 bits per heavy atom. The molecule has 0 aromatic heterocycles. The summed E-state index contributed by atoms with van der Waals surface area (Å²) in [6, 6.07) is 7.87. The molecule has 0 saturated heterocycles. The predicted octanol–water partition coefficient (Wildman–Crippen LogP) is 3.64. The number of hydrogen-bond donors (Lipinski definition) is 1. The fourth-order valence-corrected chi connectivity index (χ4v) is 2.41. The van der Waals surface area contributed by atoms with Crippen molar-refractivity contribution in [3.05, 3.63) is 34.9 Å². The van der Waals surface area contributed by atoms with E-state index in [1.165, 1.54) is 0 Å². The monoisotopic (exact) mass is 268 g/mol. The lowest BCUT2D eigenvalue weighted by Gasteiger charge is -2.32. The van der Waals surface area contributed by atoms with Crippen molar-refractivity contribution in [1.82, 2.24) is 4.90 Å². The van der Waals surface area contributed by atoms with Crippen LogP contribution in [-0.2, 0) is 5.54 Å². The van der Waals surface area contributed by atoms with Gasteiger partial charge in [0, 0.05) is 11.6 Å². The van der Waals surface area contributed by atoms with Crippen LogP contribution in [-0.4, -0.2) is 24.5 Å². The molecule has 0 fully saturated rings. The number of hydrogen-bond acceptors (Lipinski definition) is 2. The Hall–Kier alpha value is -0.570. The third-order valence-electron chi connectivity index (χ3n) is 3.14. The van der Waals surface area contributed by atoms with E-state index < -0.39 is 0 Å². The number of benzene rings is 1. The Morgan fingerprint density at radius 1 is 1.11 bits per heavy atom. The van der Waals surface area contributed by atoms with Crippen molar-refractivity contribution in [2.75, 3.05) is 19.6 Å². The normalized spacial score (nSPS) is 14.8. The van der Waals surface area contributed by atoms with Crippen molar-refractivity contribution >= 4 is 11.6 Å². The van der Waals surface area contributed by atoms with Gasteiger partial charge in [0.05, 0.1) is 5.54 Å². The Kier molecular flexibility index (Phi) is 6.13. The first kappa shape index (κ1) is 15.5. The molecule has 18 heavy (non-hydrogen) atoms. The molecule has 0 spiro atoms. The highest BCUT2D eigenvalue weighted by molar-refractivity contribution is 6.30. The van der Waals surface area contributed by atoms with Gasteiger partial charge < -0.3 is 10.6 Å². The summed E-state index contributed by atoms with van der Waals surface area (Å²) in [5.41, 5.74) is 7.28. The summed E-state index contributed by atoms with van der Waals surface area (Å²) in [6.07, 6.45) is 2.33. The smallest absolute Gasteiger partial charge is 0.0509 e. The van der Waals surface area contributed by atoms with Crippen LogP contribution < -0.4 is 5.73 Å². The van der Waals surface area contributed by atoms with Gasteiger partial charge in [-0.1, -0.05) is 37.6 Å². The standard InChI is InChI=1S/C15H25ClN2/c1-4-10-18(11-5-2)12-15(3,17)13-6-8-14(16)9-7-13/h6-9H,4-5,10-12,17H2,1-3H3. The minimum absolute atomic E-state index is 0.324. The lowest BCUT2D eigenvalue weighted by Crippen LogP contribution is -2.45. The second-order valence-corrected chi connectivity index (χ2v) is 5.64. The zero-order chi connectivity index (χ0) is 13.6. The van der Waals surface area contributed by atoms with Crippen LogP contribution >= 0.6 is 11.6 Å². The molecule has 102 valence electrons. The largest absolute Gasteiger partial charge is 0.321 e. The van der Waals surface area contributed by atoms with E-state index in [0.717, 1.165) is 43.1 Å². The molecule has 0 radical (unpaired) electrons. The fraction of sp³-hybridized carbons (Fsp3) is 0.600. The molecule has 0 amide bonds. The van der Waals surface area contributed by atoms with Crippen molar-refractivity contribution in [2.45, 2.75) is 39.2 Å². The highest BCUT2D eigenvalue weighted by Gasteiger charge is 2.23. The molecule has 2 N–H and O–H groups in total. The minimum atomic E-state index is -0.324. The first-order chi connectivity index (χ1) is 8.49. The molecular formula is C15H25ClN2. The van der Waals surface area contributed by atoms with E-state index in [0.29, 0.717) is 0 Å². The van der Waals surface area contributed by atoms with Gasteiger partial charge in [0.15, 0.2) is 0 Å². The van der Waals surface area contributed by atoms with E-state index in [1.807, 2.05) is 24.3 Å². The van der Waals surface area contributed by atoms with Gasteiger partial charge in [0.2, 0.25) is 0 Å². The molecule has 0 aliphatic heterocycles. The van der Waals surface area contributed by atoms with Crippen molar-refractivity contribution in [2.24, 2.45) is 5.73 Å². The molecule has 1 aromatic rings. The van der Waals surface area contributed by atoms with Crippen molar-refractivity contribution < 1.29 is 0 Å². The molecule has 3 heteroatoms. The summed E-state index contributed by atoms with van der Waals surface area (Å²) in [7, 11) is 0. The predicted molar refractivity (Wildman–Crippen MR) is 80.0 cm³/mol. The molecule has 1 unspecified atom stereocenters. The summed E-state index contributed by atoms with van der Waals surface area (Å²) in [4.78, 5) is 2.44. The summed E-state index contributed by atoms with van der Waals surface area (Å²) in [5, 5.41) is 0.758. The Labute approximate surface area is 116 Å². The maximum atomic E-state index is 6.46. The molecule has 1 rings (SSSR count). The molecule has 1 aromatic carbocycles. The van der Waals surface area contributed by atoms with Crippen LogP contribution in [0.2, 0.25) is 5.02 Å². The summed E-state index contributed by atoms with van der Waals surface area (Å²) in [5.74, 6) is 0. The van der Waals surface area contributed by atoms with Gasteiger partial charge in [0.25, 0.3) is 0 Å². The second-order valence-electron chi connectivity index (χ2n) is 5.20. The second kappa shape index (κ2) is 7.13. The summed E-state index contributed by atoms with van der Waals surface area (Å²) >= 11 is 5.92. The molecule has 2 nitrogen and oxygen atoms in total. The average Bonchev–Trinajstić information content (AvgIpc) is 2.29. The van der Waals surface area contributed by atoms with Gasteiger partial charge in [-0.2, -0.15) is 0 Å². The van der Waals surface area contributed by atoms with Crippen LogP contribution in [0.3, 0.4) is 0 Å². The van der Waals surface area contributed by atoms with Crippen LogP contribution in [0.15, 0.2) is 24.3 Å². The van der Waals surface area contributed by atoms with E-state index in [9.17, 15) is 0 Å². The Morgan fingerprint density at radius 2 is 1.61 bits per heavy atom. The van der Waals surface area contributed by atoms with Gasteiger partial charge in [-0.15, -0.1) is 0 Å². The molecule has 0 aliphatic carbocycles. The zero-order valence-corrected chi connectivity index (χ0v) is 12.5.